The van der Waals surface area contributed by atoms with Crippen LogP contribution in [0.2, 0.25) is 0 Å². The van der Waals surface area contributed by atoms with Gasteiger partial charge in [0.25, 0.3) is 5.91 Å². The summed E-state index contributed by atoms with van der Waals surface area (Å²) in [4.78, 5) is 43.3. The molecule has 4 aliphatic carbocycles. The molecule has 2 fully saturated rings. The predicted octanol–water partition coefficient (Wildman–Crippen LogP) is 4.17. The highest BCUT2D eigenvalue weighted by Gasteiger charge is 2.62. The lowest BCUT2D eigenvalue weighted by Gasteiger charge is -2.23. The van der Waals surface area contributed by atoms with Crippen LogP contribution in [0.15, 0.2) is 36.4 Å². The molecule has 4 atom stereocenters. The van der Waals surface area contributed by atoms with Gasteiger partial charge in [-0.05, 0) is 61.5 Å². The fourth-order valence-corrected chi connectivity index (χ4v) is 7.19. The molecular weight excluding hydrogens is 434 g/mol. The van der Waals surface area contributed by atoms with Crippen LogP contribution in [0.5, 0.6) is 0 Å². The minimum absolute atomic E-state index is 0.0519. The van der Waals surface area contributed by atoms with Gasteiger partial charge in [0, 0.05) is 24.9 Å². The first-order valence-corrected chi connectivity index (χ1v) is 12.6. The van der Waals surface area contributed by atoms with E-state index in [1.807, 2.05) is 25.1 Å². The van der Waals surface area contributed by atoms with Crippen molar-refractivity contribution in [3.63, 3.8) is 0 Å². The second kappa shape index (κ2) is 7.62. The summed E-state index contributed by atoms with van der Waals surface area (Å²) in [6, 6.07) is 7.33. The van der Waals surface area contributed by atoms with Gasteiger partial charge in [0.1, 0.15) is 0 Å². The number of hydrogen-bond donors (Lipinski definition) is 2. The third-order valence-electron chi connectivity index (χ3n) is 8.08. The molecule has 0 saturated heterocycles. The largest absolute Gasteiger partial charge is 0.356 e. The highest BCUT2D eigenvalue weighted by molar-refractivity contribution is 7.17. The number of allylic oxidation sites excluding steroid dienone is 2. The van der Waals surface area contributed by atoms with Gasteiger partial charge in [-0.25, -0.2) is 4.98 Å². The Morgan fingerprint density at radius 3 is 2.82 bits per heavy atom. The average molecular weight is 462 g/mol. The van der Waals surface area contributed by atoms with Crippen LogP contribution in [-0.4, -0.2) is 29.1 Å². The number of hydrogen-bond acceptors (Lipinski definition) is 5. The van der Waals surface area contributed by atoms with E-state index in [0.717, 1.165) is 5.56 Å². The van der Waals surface area contributed by atoms with Crippen molar-refractivity contribution < 1.29 is 14.4 Å². The standard InChI is InChI=1S/C26H27N3O3S/c1-14-3-2-4-15(9-14)24(32)29-25-28-20-11-16(12-21(30)22(20)33-25)23(31)27-13-17-10-18-5-6-19(17)26(18)7-8-26/h2-6,9,16-19H,7-8,10-13H2,1H3,(H,27,31)(H,28,29,32)/t16-,17-,18-,19-/m1/s1. The molecule has 2 bridgehead atoms. The van der Waals surface area contributed by atoms with Crippen molar-refractivity contribution in [1.82, 2.24) is 10.3 Å². The maximum Gasteiger partial charge on any atom is 0.257 e. The zero-order valence-electron chi connectivity index (χ0n) is 18.6. The molecule has 0 unspecified atom stereocenters. The lowest BCUT2D eigenvalue weighted by Crippen LogP contribution is -2.38. The Kier molecular flexibility index (Phi) is 4.80. The highest BCUT2D eigenvalue weighted by atomic mass is 32.1. The molecule has 6 nitrogen and oxygen atoms in total. The first kappa shape index (κ1) is 20.8. The lowest BCUT2D eigenvalue weighted by atomic mass is 9.87. The molecule has 170 valence electrons. The maximum atomic E-state index is 12.9. The summed E-state index contributed by atoms with van der Waals surface area (Å²) in [7, 11) is 0. The van der Waals surface area contributed by atoms with Crippen LogP contribution in [0.4, 0.5) is 5.13 Å². The van der Waals surface area contributed by atoms with Crippen LogP contribution >= 0.6 is 11.3 Å². The number of aromatic nitrogens is 1. The second-order valence-corrected chi connectivity index (χ2v) is 11.1. The molecule has 7 heteroatoms. The minimum Gasteiger partial charge on any atom is -0.356 e. The first-order valence-electron chi connectivity index (χ1n) is 11.8. The summed E-state index contributed by atoms with van der Waals surface area (Å²) in [5.74, 6) is 1.07. The van der Waals surface area contributed by atoms with Gasteiger partial charge in [0.15, 0.2) is 10.9 Å². The van der Waals surface area contributed by atoms with Gasteiger partial charge in [-0.15, -0.1) is 0 Å². The Balaban J connectivity index is 1.09. The summed E-state index contributed by atoms with van der Waals surface area (Å²) in [5, 5.41) is 6.36. The topological polar surface area (TPSA) is 88.2 Å². The number of anilines is 1. The first-order chi connectivity index (χ1) is 15.9. The van der Waals surface area contributed by atoms with Crippen LogP contribution in [0.25, 0.3) is 0 Å². The molecule has 0 aliphatic heterocycles. The van der Waals surface area contributed by atoms with E-state index < -0.39 is 5.92 Å². The van der Waals surface area contributed by atoms with E-state index in [1.165, 1.54) is 30.6 Å². The second-order valence-electron chi connectivity index (χ2n) is 10.1. The van der Waals surface area contributed by atoms with E-state index in [1.54, 1.807) is 6.07 Å². The number of nitrogens with zero attached hydrogens (tertiary/aromatic N) is 1. The van der Waals surface area contributed by atoms with Crippen LogP contribution in [0.3, 0.4) is 0 Å². The fraction of sp³-hybridized carbons (Fsp3) is 0.462. The highest BCUT2D eigenvalue weighted by Crippen LogP contribution is 2.69. The van der Waals surface area contributed by atoms with Crippen molar-refractivity contribution in [3.05, 3.63) is 58.1 Å². The van der Waals surface area contributed by atoms with E-state index in [4.69, 9.17) is 0 Å². The summed E-state index contributed by atoms with van der Waals surface area (Å²) in [6.45, 7) is 2.62. The molecule has 1 heterocycles. The smallest absolute Gasteiger partial charge is 0.257 e. The van der Waals surface area contributed by atoms with Crippen molar-refractivity contribution >= 4 is 34.1 Å². The number of fused-ring (bicyclic) bond motifs is 1. The molecule has 6 rings (SSSR count). The normalized spacial score (nSPS) is 28.1. The van der Waals surface area contributed by atoms with Crippen LogP contribution in [0, 0.1) is 36.0 Å². The van der Waals surface area contributed by atoms with Gasteiger partial charge < -0.3 is 5.32 Å². The number of thiazole rings is 1. The van der Waals surface area contributed by atoms with E-state index in [0.29, 0.717) is 57.4 Å². The van der Waals surface area contributed by atoms with E-state index >= 15 is 0 Å². The number of amides is 2. The van der Waals surface area contributed by atoms with Gasteiger partial charge in [-0.2, -0.15) is 0 Å². The number of Topliss-reactive ketones (excluding diaryl/α,β-unsaturated/α-hetero) is 1. The number of nitrogens with one attached hydrogen (secondary N) is 2. The summed E-state index contributed by atoms with van der Waals surface area (Å²) >= 11 is 1.20. The predicted molar refractivity (Wildman–Crippen MR) is 126 cm³/mol. The van der Waals surface area contributed by atoms with Gasteiger partial charge in [-0.3, -0.25) is 19.7 Å². The fourth-order valence-electron chi connectivity index (χ4n) is 6.26. The third kappa shape index (κ3) is 3.53. The molecule has 1 aromatic heterocycles. The van der Waals surface area contributed by atoms with Crippen molar-refractivity contribution in [2.75, 3.05) is 11.9 Å². The zero-order chi connectivity index (χ0) is 22.7. The number of aryl methyl sites for hydroxylation is 1. The lowest BCUT2D eigenvalue weighted by molar-refractivity contribution is -0.125. The van der Waals surface area contributed by atoms with E-state index in [-0.39, 0.29) is 24.0 Å². The molecule has 2 aromatic rings. The van der Waals surface area contributed by atoms with Gasteiger partial charge in [-0.1, -0.05) is 41.2 Å². The molecule has 4 aliphatic rings. The molecule has 33 heavy (non-hydrogen) atoms. The van der Waals surface area contributed by atoms with E-state index in [2.05, 4.69) is 27.8 Å². The quantitative estimate of drug-likeness (QED) is 0.655. The minimum atomic E-state index is -0.392. The molecule has 0 radical (unpaired) electrons. The summed E-state index contributed by atoms with van der Waals surface area (Å²) in [6.07, 6.45) is 9.21. The Bertz CT molecular complexity index is 1200. The molecule has 2 saturated carbocycles. The monoisotopic (exact) mass is 461 g/mol. The SMILES string of the molecule is Cc1cccc(C(=O)Nc2nc3c(s2)C(=O)C[C@H](C(=O)NC[C@H]2C[C@H]4C=C[C@H]2C42CC2)C3)c1. The number of rotatable bonds is 5. The Morgan fingerprint density at radius 1 is 1.21 bits per heavy atom. The van der Waals surface area contributed by atoms with Crippen molar-refractivity contribution in [1.29, 1.82) is 0 Å². The van der Waals surface area contributed by atoms with Gasteiger partial charge >= 0.3 is 0 Å². The summed E-state index contributed by atoms with van der Waals surface area (Å²) in [5.41, 5.74) is 2.69. The molecule has 2 amide bonds. The Labute approximate surface area is 196 Å². The number of carbonyl (C=O) groups is 3. The average Bonchev–Trinajstić information content (AvgIpc) is 3.28. The van der Waals surface area contributed by atoms with Crippen molar-refractivity contribution in [2.45, 2.75) is 39.0 Å². The van der Waals surface area contributed by atoms with Crippen molar-refractivity contribution in [2.24, 2.45) is 29.1 Å². The number of carbonyl (C=O) groups excluding carboxylic acids is 3. The van der Waals surface area contributed by atoms with Crippen LogP contribution < -0.4 is 10.6 Å². The number of ketones is 1. The maximum absolute atomic E-state index is 12.9. The zero-order valence-corrected chi connectivity index (χ0v) is 19.4. The summed E-state index contributed by atoms with van der Waals surface area (Å²) < 4.78 is 0. The van der Waals surface area contributed by atoms with Crippen LogP contribution in [-0.2, 0) is 11.2 Å². The van der Waals surface area contributed by atoms with Gasteiger partial charge in [0.05, 0.1) is 16.5 Å². The molecule has 1 spiro atoms. The van der Waals surface area contributed by atoms with E-state index in [9.17, 15) is 14.4 Å². The van der Waals surface area contributed by atoms with Gasteiger partial charge in [0.2, 0.25) is 5.91 Å². The Morgan fingerprint density at radius 2 is 2.06 bits per heavy atom. The molecule has 2 N–H and O–H groups in total. The number of benzene rings is 1. The third-order valence-corrected chi connectivity index (χ3v) is 9.13. The van der Waals surface area contributed by atoms with Crippen LogP contribution in [0.1, 0.15) is 57.0 Å². The molecule has 1 aromatic carbocycles. The Hall–Kier alpha value is -2.80. The van der Waals surface area contributed by atoms with Crippen molar-refractivity contribution in [3.8, 4) is 0 Å². The molecular formula is C26H27N3O3S.